The van der Waals surface area contributed by atoms with Crippen LogP contribution in [0.25, 0.3) is 0 Å². The Balaban J connectivity index is 1.52. The number of likely N-dealkylation sites (N-methyl/N-ethyl adjacent to an activating group) is 1. The van der Waals surface area contributed by atoms with Gasteiger partial charge in [0.05, 0.1) is 11.7 Å². The predicted octanol–water partition coefficient (Wildman–Crippen LogP) is 4.62. The summed E-state index contributed by atoms with van der Waals surface area (Å²) in [5.41, 5.74) is 4.59. The van der Waals surface area contributed by atoms with E-state index in [4.69, 9.17) is 4.74 Å². The molecule has 0 amide bonds. The number of fused-ring (bicyclic) bond motifs is 1. The summed E-state index contributed by atoms with van der Waals surface area (Å²) >= 11 is 0. The van der Waals surface area contributed by atoms with Crippen LogP contribution in [0.15, 0.2) is 72.8 Å². The summed E-state index contributed by atoms with van der Waals surface area (Å²) in [5.74, 6) is 0.586. The van der Waals surface area contributed by atoms with Crippen LogP contribution in [0, 0.1) is 11.3 Å². The van der Waals surface area contributed by atoms with Crippen LogP contribution >= 0.6 is 0 Å². The fraction of sp³-hybridized carbons (Fsp3) is 0.269. The number of hydrogen-bond acceptors (Lipinski definition) is 4. The van der Waals surface area contributed by atoms with Crippen LogP contribution < -0.4 is 4.74 Å². The maximum Gasteiger partial charge on any atom is 0.137 e. The van der Waals surface area contributed by atoms with Gasteiger partial charge in [0.25, 0.3) is 0 Å². The standard InChI is InChI=1S/C26H26N2O2/c1-28(17-19-8-4-2-5-9-19)24-14-12-21-22(26(24)29)13-15-25(23(21)16-27)30-18-20-10-6-3-7-11-20/h2-11,13,15,24,26,29H,12,14,17-18H2,1H3. The molecule has 152 valence electrons. The van der Waals surface area contributed by atoms with Crippen molar-refractivity contribution in [3.8, 4) is 11.8 Å². The van der Waals surface area contributed by atoms with Gasteiger partial charge in [-0.05, 0) is 48.2 Å². The van der Waals surface area contributed by atoms with Gasteiger partial charge in [-0.15, -0.1) is 0 Å². The number of aliphatic hydroxyl groups is 1. The maximum absolute atomic E-state index is 11.1. The van der Waals surface area contributed by atoms with Crippen molar-refractivity contribution in [2.24, 2.45) is 0 Å². The summed E-state index contributed by atoms with van der Waals surface area (Å²) in [6.07, 6.45) is 0.924. The lowest BCUT2D eigenvalue weighted by atomic mass is 9.82. The first-order valence-electron chi connectivity index (χ1n) is 10.3. The molecular weight excluding hydrogens is 372 g/mol. The second-order valence-electron chi connectivity index (χ2n) is 7.84. The number of nitriles is 1. The Kier molecular flexibility index (Phi) is 6.13. The molecule has 0 heterocycles. The second kappa shape index (κ2) is 9.13. The molecule has 0 spiro atoms. The molecule has 0 aromatic heterocycles. The van der Waals surface area contributed by atoms with Crippen LogP contribution in [0.2, 0.25) is 0 Å². The molecular formula is C26H26N2O2. The summed E-state index contributed by atoms with van der Waals surface area (Å²) in [6, 6.07) is 26.3. The fourth-order valence-electron chi connectivity index (χ4n) is 4.27. The quantitative estimate of drug-likeness (QED) is 0.658. The third-order valence-electron chi connectivity index (χ3n) is 5.87. The summed E-state index contributed by atoms with van der Waals surface area (Å²) in [6.45, 7) is 1.20. The lowest BCUT2D eigenvalue weighted by molar-refractivity contribution is 0.0461. The lowest BCUT2D eigenvalue weighted by Gasteiger charge is -2.37. The number of rotatable bonds is 6. The van der Waals surface area contributed by atoms with Gasteiger partial charge >= 0.3 is 0 Å². The Labute approximate surface area is 178 Å². The van der Waals surface area contributed by atoms with E-state index in [1.807, 2.05) is 60.7 Å². The van der Waals surface area contributed by atoms with E-state index in [0.717, 1.165) is 36.1 Å². The summed E-state index contributed by atoms with van der Waals surface area (Å²) < 4.78 is 5.95. The molecule has 1 aliphatic carbocycles. The minimum absolute atomic E-state index is 0.0142. The van der Waals surface area contributed by atoms with Gasteiger partial charge in [-0.3, -0.25) is 4.90 Å². The average Bonchev–Trinajstić information content (AvgIpc) is 2.78. The van der Waals surface area contributed by atoms with E-state index in [1.54, 1.807) is 0 Å². The van der Waals surface area contributed by atoms with Gasteiger partial charge in [0.2, 0.25) is 0 Å². The first kappa shape index (κ1) is 20.2. The molecule has 2 atom stereocenters. The molecule has 1 aliphatic rings. The molecule has 0 saturated heterocycles. The molecule has 0 fully saturated rings. The molecule has 30 heavy (non-hydrogen) atoms. The van der Waals surface area contributed by atoms with Crippen molar-refractivity contribution in [2.45, 2.75) is 38.1 Å². The smallest absolute Gasteiger partial charge is 0.137 e. The molecule has 4 nitrogen and oxygen atoms in total. The monoisotopic (exact) mass is 398 g/mol. The lowest BCUT2D eigenvalue weighted by Crippen LogP contribution is -2.39. The van der Waals surface area contributed by atoms with Crippen LogP contribution in [0.1, 0.15) is 40.3 Å². The van der Waals surface area contributed by atoms with Gasteiger partial charge in [0.15, 0.2) is 0 Å². The SMILES string of the molecule is CN(Cc1ccccc1)C1CCc2c(ccc(OCc3ccccc3)c2C#N)C1O. The average molecular weight is 399 g/mol. The highest BCUT2D eigenvalue weighted by atomic mass is 16.5. The third kappa shape index (κ3) is 4.23. The molecule has 2 unspecified atom stereocenters. The Morgan fingerprint density at radius 2 is 1.67 bits per heavy atom. The summed E-state index contributed by atoms with van der Waals surface area (Å²) in [5, 5.41) is 20.9. The molecule has 1 N–H and O–H groups in total. The van der Waals surface area contributed by atoms with Gasteiger partial charge in [-0.1, -0.05) is 66.7 Å². The van der Waals surface area contributed by atoms with Crippen molar-refractivity contribution in [1.29, 1.82) is 5.26 Å². The van der Waals surface area contributed by atoms with Crippen molar-refractivity contribution < 1.29 is 9.84 Å². The highest BCUT2D eigenvalue weighted by molar-refractivity contribution is 5.54. The van der Waals surface area contributed by atoms with Crippen molar-refractivity contribution in [3.05, 3.63) is 101 Å². The first-order valence-corrected chi connectivity index (χ1v) is 10.3. The number of ether oxygens (including phenoxy) is 1. The van der Waals surface area contributed by atoms with Crippen LogP contribution in [-0.4, -0.2) is 23.1 Å². The molecule has 0 aliphatic heterocycles. The first-order chi connectivity index (χ1) is 14.7. The van der Waals surface area contributed by atoms with Crippen LogP contribution in [0.4, 0.5) is 0 Å². The van der Waals surface area contributed by atoms with Crippen LogP contribution in [-0.2, 0) is 19.6 Å². The zero-order chi connectivity index (χ0) is 20.9. The molecule has 3 aromatic rings. The number of nitrogens with zero attached hydrogens (tertiary/aromatic N) is 2. The maximum atomic E-state index is 11.1. The second-order valence-corrected chi connectivity index (χ2v) is 7.84. The molecule has 0 saturated carbocycles. The fourth-order valence-corrected chi connectivity index (χ4v) is 4.27. The Morgan fingerprint density at radius 3 is 2.33 bits per heavy atom. The minimum Gasteiger partial charge on any atom is -0.488 e. The van der Waals surface area contributed by atoms with E-state index in [2.05, 4.69) is 30.1 Å². The Bertz CT molecular complexity index is 1030. The molecule has 0 radical (unpaired) electrons. The number of hydrogen-bond donors (Lipinski definition) is 1. The van der Waals surface area contributed by atoms with Crippen LogP contribution in [0.5, 0.6) is 5.75 Å². The minimum atomic E-state index is -0.627. The van der Waals surface area contributed by atoms with Crippen molar-refractivity contribution in [3.63, 3.8) is 0 Å². The van der Waals surface area contributed by atoms with Crippen molar-refractivity contribution in [2.75, 3.05) is 7.05 Å². The highest BCUT2D eigenvalue weighted by Gasteiger charge is 2.33. The third-order valence-corrected chi connectivity index (χ3v) is 5.87. The van der Waals surface area contributed by atoms with E-state index < -0.39 is 6.10 Å². The molecule has 0 bridgehead atoms. The van der Waals surface area contributed by atoms with Gasteiger partial charge in [-0.25, -0.2) is 0 Å². The topological polar surface area (TPSA) is 56.5 Å². The normalized spacial score (nSPS) is 17.9. The van der Waals surface area contributed by atoms with Gasteiger partial charge in [0, 0.05) is 12.6 Å². The van der Waals surface area contributed by atoms with E-state index >= 15 is 0 Å². The van der Waals surface area contributed by atoms with Crippen molar-refractivity contribution in [1.82, 2.24) is 4.90 Å². The van der Waals surface area contributed by atoms with E-state index in [9.17, 15) is 10.4 Å². The largest absolute Gasteiger partial charge is 0.488 e. The zero-order valence-electron chi connectivity index (χ0n) is 17.2. The van der Waals surface area contributed by atoms with E-state index in [1.165, 1.54) is 5.56 Å². The Morgan fingerprint density at radius 1 is 1.00 bits per heavy atom. The summed E-state index contributed by atoms with van der Waals surface area (Å²) in [7, 11) is 2.05. The summed E-state index contributed by atoms with van der Waals surface area (Å²) in [4.78, 5) is 2.20. The number of benzene rings is 3. The van der Waals surface area contributed by atoms with Crippen LogP contribution in [0.3, 0.4) is 0 Å². The van der Waals surface area contributed by atoms with Gasteiger partial charge < -0.3 is 9.84 Å². The molecule has 4 rings (SSSR count). The van der Waals surface area contributed by atoms with E-state index in [-0.39, 0.29) is 6.04 Å². The zero-order valence-corrected chi connectivity index (χ0v) is 17.2. The molecule has 3 aromatic carbocycles. The van der Waals surface area contributed by atoms with Crippen molar-refractivity contribution >= 4 is 0 Å². The highest BCUT2D eigenvalue weighted by Crippen LogP contribution is 2.38. The molecule has 4 heteroatoms. The van der Waals surface area contributed by atoms with E-state index in [0.29, 0.717) is 17.9 Å². The predicted molar refractivity (Wildman–Crippen MR) is 117 cm³/mol. The van der Waals surface area contributed by atoms with Gasteiger partial charge in [-0.2, -0.15) is 5.26 Å². The number of aliphatic hydroxyl groups excluding tert-OH is 1. The van der Waals surface area contributed by atoms with Gasteiger partial charge in [0.1, 0.15) is 18.4 Å². The Hall–Kier alpha value is -3.13.